The number of amides is 1. The Kier molecular flexibility index (Phi) is 7.14. The maximum absolute atomic E-state index is 13.4. The van der Waals surface area contributed by atoms with Crippen LogP contribution in [0.3, 0.4) is 0 Å². The van der Waals surface area contributed by atoms with E-state index in [1.807, 2.05) is 37.9 Å². The number of hydrogen-bond donors (Lipinski definition) is 0. The molecular weight excluding hydrogens is 398 g/mol. The fraction of sp³-hybridized carbons (Fsp3) is 0.556. The van der Waals surface area contributed by atoms with E-state index >= 15 is 0 Å². The average molecular weight is 436 g/mol. The van der Waals surface area contributed by atoms with Crippen LogP contribution in [0.4, 0.5) is 10.6 Å². The highest BCUT2D eigenvalue weighted by atomic mass is 16.6. The number of anilines is 1. The van der Waals surface area contributed by atoms with Gasteiger partial charge in [-0.15, -0.1) is 0 Å². The highest BCUT2D eigenvalue weighted by Gasteiger charge is 2.36. The van der Waals surface area contributed by atoms with Gasteiger partial charge < -0.3 is 4.74 Å². The number of carbonyl (C=O) groups is 1. The molecule has 0 radical (unpaired) electrons. The highest BCUT2D eigenvalue weighted by Crippen LogP contribution is 2.39. The van der Waals surface area contributed by atoms with Crippen LogP contribution in [-0.2, 0) is 11.3 Å². The number of likely N-dealkylation sites (tertiary alicyclic amines) is 1. The van der Waals surface area contributed by atoms with Crippen molar-refractivity contribution in [3.8, 4) is 0 Å². The summed E-state index contributed by atoms with van der Waals surface area (Å²) in [5.74, 6) is 0.790. The number of rotatable bonds is 5. The predicted molar refractivity (Wildman–Crippen MR) is 129 cm³/mol. The van der Waals surface area contributed by atoms with E-state index in [-0.39, 0.29) is 18.2 Å². The summed E-state index contributed by atoms with van der Waals surface area (Å²) in [7, 11) is 0. The number of nitrogens with zero attached hydrogens (tertiary/aromatic N) is 3. The first-order valence-corrected chi connectivity index (χ1v) is 12.2. The van der Waals surface area contributed by atoms with Crippen LogP contribution in [0.5, 0.6) is 0 Å². The first-order chi connectivity index (χ1) is 15.4. The average Bonchev–Trinajstić information content (AvgIpc) is 3.22. The molecule has 1 aliphatic heterocycles. The van der Waals surface area contributed by atoms with Crippen molar-refractivity contribution < 1.29 is 9.53 Å². The van der Waals surface area contributed by atoms with E-state index in [1.165, 1.54) is 12.0 Å². The molecule has 2 aliphatic rings. The largest absolute Gasteiger partial charge is 0.443 e. The molecule has 2 aromatic rings. The molecule has 1 saturated carbocycles. The number of benzene rings is 1. The smallest absolute Gasteiger partial charge is 0.416 e. The normalized spacial score (nSPS) is 20.3. The second-order valence-electron chi connectivity index (χ2n) is 10.2. The number of carbonyl (C=O) groups excluding carboxylic acids is 1. The second kappa shape index (κ2) is 10.0. The van der Waals surface area contributed by atoms with Gasteiger partial charge in [-0.2, -0.15) is 0 Å². The molecule has 0 N–H and O–H groups in total. The summed E-state index contributed by atoms with van der Waals surface area (Å²) in [6, 6.07) is 15.2. The van der Waals surface area contributed by atoms with Gasteiger partial charge in [0, 0.05) is 30.4 Å². The Labute approximate surface area is 192 Å². The Bertz CT molecular complexity index is 887. The molecule has 172 valence electrons. The van der Waals surface area contributed by atoms with E-state index in [0.717, 1.165) is 63.0 Å². The third-order valence-corrected chi connectivity index (χ3v) is 6.53. The molecule has 1 saturated heterocycles. The van der Waals surface area contributed by atoms with E-state index < -0.39 is 5.60 Å². The first kappa shape index (κ1) is 22.8. The van der Waals surface area contributed by atoms with Crippen molar-refractivity contribution in [2.24, 2.45) is 0 Å². The van der Waals surface area contributed by atoms with Gasteiger partial charge in [-0.3, -0.25) is 9.80 Å². The number of aromatic nitrogens is 1. The molecule has 5 heteroatoms. The fourth-order valence-electron chi connectivity index (χ4n) is 5.12. The van der Waals surface area contributed by atoms with Crippen LogP contribution in [-0.4, -0.2) is 34.2 Å². The van der Waals surface area contributed by atoms with Gasteiger partial charge >= 0.3 is 6.09 Å². The summed E-state index contributed by atoms with van der Waals surface area (Å²) >= 11 is 0. The Balaban J connectivity index is 1.66. The summed E-state index contributed by atoms with van der Waals surface area (Å²) in [6.45, 7) is 7.77. The Morgan fingerprint density at radius 2 is 1.78 bits per heavy atom. The van der Waals surface area contributed by atoms with Crippen LogP contribution in [0, 0.1) is 0 Å². The van der Waals surface area contributed by atoms with Gasteiger partial charge in [-0.25, -0.2) is 9.78 Å². The maximum atomic E-state index is 13.4. The Morgan fingerprint density at radius 1 is 1.03 bits per heavy atom. The lowest BCUT2D eigenvalue weighted by molar-refractivity contribution is 0.0555. The van der Waals surface area contributed by atoms with Gasteiger partial charge in [-0.1, -0.05) is 55.7 Å². The van der Waals surface area contributed by atoms with Gasteiger partial charge in [0.1, 0.15) is 11.4 Å². The monoisotopic (exact) mass is 435 g/mol. The zero-order valence-corrected chi connectivity index (χ0v) is 19.8. The Morgan fingerprint density at radius 3 is 2.50 bits per heavy atom. The molecule has 4 rings (SSSR count). The molecule has 1 aliphatic carbocycles. The standard InChI is InChI=1S/C27H37N3O2/c1-27(2,3)32-26(31)30(22-14-8-5-9-15-22)25-23(16-10-18-28-25)24-17-11-19-29(24)20-21-12-6-4-7-13-21/h4,6-7,10,12-13,16,18,22,24H,5,8-9,11,14-15,17,19-20H2,1-3H3/t24-/m0/s1. The predicted octanol–water partition coefficient (Wildman–Crippen LogP) is 6.49. The van der Waals surface area contributed by atoms with Crippen LogP contribution in [0.1, 0.15) is 82.9 Å². The number of pyridine rings is 1. The van der Waals surface area contributed by atoms with E-state index in [4.69, 9.17) is 9.72 Å². The SMILES string of the molecule is CC(C)(C)OC(=O)N(c1ncccc1[C@@H]1CCCN1Cc1ccccc1)C1CCCCC1. The molecule has 2 heterocycles. The fourth-order valence-corrected chi connectivity index (χ4v) is 5.12. The van der Waals surface area contributed by atoms with Gasteiger partial charge in [-0.05, 0) is 64.6 Å². The lowest BCUT2D eigenvalue weighted by Gasteiger charge is -2.37. The van der Waals surface area contributed by atoms with Crippen molar-refractivity contribution in [3.63, 3.8) is 0 Å². The number of hydrogen-bond acceptors (Lipinski definition) is 4. The molecule has 1 atom stereocenters. The molecule has 1 aromatic carbocycles. The zero-order chi connectivity index (χ0) is 22.6. The van der Waals surface area contributed by atoms with Crippen LogP contribution < -0.4 is 4.90 Å². The van der Waals surface area contributed by atoms with Crippen LogP contribution in [0.2, 0.25) is 0 Å². The van der Waals surface area contributed by atoms with Crippen molar-refractivity contribution in [2.45, 2.75) is 89.9 Å². The molecule has 1 amide bonds. The van der Waals surface area contributed by atoms with Gasteiger partial charge in [0.05, 0.1) is 0 Å². The lowest BCUT2D eigenvalue weighted by atomic mass is 9.93. The number of ether oxygens (including phenoxy) is 1. The quantitative estimate of drug-likeness (QED) is 0.538. The third kappa shape index (κ3) is 5.50. The molecule has 0 unspecified atom stereocenters. The van der Waals surface area contributed by atoms with E-state index in [0.29, 0.717) is 0 Å². The van der Waals surface area contributed by atoms with Gasteiger partial charge in [0.15, 0.2) is 0 Å². The summed E-state index contributed by atoms with van der Waals surface area (Å²) in [5.41, 5.74) is 1.93. The van der Waals surface area contributed by atoms with Crippen LogP contribution in [0.15, 0.2) is 48.7 Å². The minimum absolute atomic E-state index is 0.149. The van der Waals surface area contributed by atoms with Crippen molar-refractivity contribution in [3.05, 3.63) is 59.8 Å². The van der Waals surface area contributed by atoms with Crippen molar-refractivity contribution in [1.29, 1.82) is 0 Å². The van der Waals surface area contributed by atoms with E-state index in [9.17, 15) is 4.79 Å². The molecular formula is C27H37N3O2. The Hall–Kier alpha value is -2.40. The van der Waals surface area contributed by atoms with Crippen molar-refractivity contribution in [2.75, 3.05) is 11.4 Å². The minimum atomic E-state index is -0.536. The maximum Gasteiger partial charge on any atom is 0.416 e. The first-order valence-electron chi connectivity index (χ1n) is 12.2. The second-order valence-corrected chi connectivity index (χ2v) is 10.2. The van der Waals surface area contributed by atoms with E-state index in [2.05, 4.69) is 41.3 Å². The third-order valence-electron chi connectivity index (χ3n) is 6.53. The molecule has 0 spiro atoms. The minimum Gasteiger partial charge on any atom is -0.443 e. The van der Waals surface area contributed by atoms with Gasteiger partial charge in [0.25, 0.3) is 0 Å². The van der Waals surface area contributed by atoms with Crippen molar-refractivity contribution >= 4 is 11.9 Å². The van der Waals surface area contributed by atoms with Crippen LogP contribution >= 0.6 is 0 Å². The topological polar surface area (TPSA) is 45.7 Å². The highest BCUT2D eigenvalue weighted by molar-refractivity contribution is 5.88. The van der Waals surface area contributed by atoms with E-state index in [1.54, 1.807) is 0 Å². The van der Waals surface area contributed by atoms with Crippen molar-refractivity contribution in [1.82, 2.24) is 9.88 Å². The zero-order valence-electron chi connectivity index (χ0n) is 19.8. The summed E-state index contributed by atoms with van der Waals surface area (Å²) in [6.07, 6.45) is 9.33. The van der Waals surface area contributed by atoms with Gasteiger partial charge in [0.2, 0.25) is 0 Å². The molecule has 32 heavy (non-hydrogen) atoms. The summed E-state index contributed by atoms with van der Waals surface area (Å²) < 4.78 is 5.88. The summed E-state index contributed by atoms with van der Waals surface area (Å²) in [4.78, 5) is 22.7. The molecule has 2 fully saturated rings. The van der Waals surface area contributed by atoms with Crippen LogP contribution in [0.25, 0.3) is 0 Å². The molecule has 5 nitrogen and oxygen atoms in total. The molecule has 1 aromatic heterocycles. The summed E-state index contributed by atoms with van der Waals surface area (Å²) in [5, 5.41) is 0. The lowest BCUT2D eigenvalue weighted by Crippen LogP contribution is -2.45. The molecule has 0 bridgehead atoms.